The highest BCUT2D eigenvalue weighted by molar-refractivity contribution is 6.30. The molecule has 1 aromatic heterocycles. The molecule has 2 rings (SSSR count). The quantitative estimate of drug-likeness (QED) is 0.620. The van der Waals surface area contributed by atoms with Crippen LogP contribution in [0.25, 0.3) is 0 Å². The Morgan fingerprint density at radius 1 is 1.39 bits per heavy atom. The number of carboxylic acids is 2. The van der Waals surface area contributed by atoms with Crippen LogP contribution in [0, 0.1) is 17.1 Å². The molecule has 3 N–H and O–H groups in total. The number of nitriles is 1. The minimum absolute atomic E-state index is 0.0763. The maximum Gasteiger partial charge on any atom is 0.414 e. The summed E-state index contributed by atoms with van der Waals surface area (Å²) in [5.41, 5.74) is 0.988. The Morgan fingerprint density at radius 2 is 2.07 bits per heavy atom. The normalized spacial score (nSPS) is 10.8. The summed E-state index contributed by atoms with van der Waals surface area (Å²) in [6.45, 7) is 0.719. The van der Waals surface area contributed by atoms with Gasteiger partial charge in [-0.25, -0.2) is 14.0 Å². The summed E-state index contributed by atoms with van der Waals surface area (Å²) in [7, 11) is 1.84. The molecule has 10 heteroatoms. The number of carboxylic acid groups (broad SMARTS) is 2. The standard InChI is InChI=1S/C16H15ClFN3O.C2H2O4/c1-20-6-4-15(11-3-2-5-21-10-11)22-16-8-13(17)14(18)7-12(16)9-19;3-1(4)2(5)6/h2-3,5,7-8,10,15,20H,4,6H2,1H3;(H,3,4)(H,5,6). The van der Waals surface area contributed by atoms with Crippen molar-refractivity contribution in [1.29, 1.82) is 5.26 Å². The summed E-state index contributed by atoms with van der Waals surface area (Å²) in [6.07, 6.45) is 3.74. The molecule has 1 aromatic carbocycles. The summed E-state index contributed by atoms with van der Waals surface area (Å²) in [5.74, 6) is -4.03. The van der Waals surface area contributed by atoms with E-state index in [1.54, 1.807) is 12.4 Å². The van der Waals surface area contributed by atoms with E-state index in [0.717, 1.165) is 18.2 Å². The van der Waals surface area contributed by atoms with Crippen molar-refractivity contribution < 1.29 is 28.9 Å². The maximum atomic E-state index is 13.5. The summed E-state index contributed by atoms with van der Waals surface area (Å²) in [4.78, 5) is 22.3. The Hall–Kier alpha value is -3.22. The summed E-state index contributed by atoms with van der Waals surface area (Å²) in [6, 6.07) is 8.04. The predicted octanol–water partition coefficient (Wildman–Crippen LogP) is 2.63. The van der Waals surface area contributed by atoms with Gasteiger partial charge in [-0.05, 0) is 25.7 Å². The lowest BCUT2D eigenvalue weighted by atomic mass is 10.1. The molecule has 0 aliphatic rings. The molecule has 2 aromatic rings. The van der Waals surface area contributed by atoms with Crippen molar-refractivity contribution in [1.82, 2.24) is 10.3 Å². The summed E-state index contributed by atoms with van der Waals surface area (Å²) in [5, 5.41) is 26.9. The third-order valence-corrected chi connectivity index (χ3v) is 3.60. The van der Waals surface area contributed by atoms with Gasteiger partial charge >= 0.3 is 11.9 Å². The van der Waals surface area contributed by atoms with Crippen LogP contribution in [-0.2, 0) is 9.59 Å². The third-order valence-electron chi connectivity index (χ3n) is 3.31. The van der Waals surface area contributed by atoms with Gasteiger partial charge in [-0.15, -0.1) is 0 Å². The fourth-order valence-corrected chi connectivity index (χ4v) is 2.16. The van der Waals surface area contributed by atoms with Gasteiger partial charge in [0.1, 0.15) is 23.7 Å². The first-order valence-corrected chi connectivity index (χ1v) is 8.24. The number of pyridine rings is 1. The minimum atomic E-state index is -1.82. The van der Waals surface area contributed by atoms with Gasteiger partial charge in [0, 0.05) is 30.4 Å². The maximum absolute atomic E-state index is 13.5. The van der Waals surface area contributed by atoms with Crippen LogP contribution in [0.15, 0.2) is 36.7 Å². The second-order valence-electron chi connectivity index (χ2n) is 5.27. The fourth-order valence-electron chi connectivity index (χ4n) is 2.00. The van der Waals surface area contributed by atoms with E-state index in [0.29, 0.717) is 6.42 Å². The third kappa shape index (κ3) is 7.19. The number of rotatable bonds is 6. The molecule has 0 amide bonds. The van der Waals surface area contributed by atoms with Crippen LogP contribution >= 0.6 is 11.6 Å². The lowest BCUT2D eigenvalue weighted by Crippen LogP contribution is -2.16. The van der Waals surface area contributed by atoms with Gasteiger partial charge in [-0.3, -0.25) is 4.98 Å². The Labute approximate surface area is 165 Å². The van der Waals surface area contributed by atoms with E-state index in [2.05, 4.69) is 10.3 Å². The Bertz CT molecular complexity index is 846. The van der Waals surface area contributed by atoms with Gasteiger partial charge in [0.05, 0.1) is 10.6 Å². The van der Waals surface area contributed by atoms with E-state index in [4.69, 9.17) is 41.4 Å². The van der Waals surface area contributed by atoms with E-state index in [1.807, 2.05) is 25.2 Å². The molecular weight excluding hydrogens is 393 g/mol. The average molecular weight is 410 g/mol. The largest absolute Gasteiger partial charge is 0.484 e. The number of nitrogens with zero attached hydrogens (tertiary/aromatic N) is 2. The molecule has 0 saturated carbocycles. The second-order valence-corrected chi connectivity index (χ2v) is 5.68. The molecule has 0 aliphatic carbocycles. The molecule has 0 radical (unpaired) electrons. The van der Waals surface area contributed by atoms with Crippen molar-refractivity contribution in [3.8, 4) is 11.8 Å². The number of nitrogens with one attached hydrogen (secondary N) is 1. The first-order chi connectivity index (χ1) is 13.3. The SMILES string of the molecule is CNCCC(Oc1cc(Cl)c(F)cc1C#N)c1cccnc1.O=C(O)C(=O)O. The van der Waals surface area contributed by atoms with E-state index in [1.165, 1.54) is 6.07 Å². The number of aromatic nitrogens is 1. The fraction of sp³-hybridized carbons (Fsp3) is 0.222. The molecule has 148 valence electrons. The lowest BCUT2D eigenvalue weighted by Gasteiger charge is -2.20. The molecule has 0 spiro atoms. The van der Waals surface area contributed by atoms with Gasteiger partial charge in [-0.1, -0.05) is 17.7 Å². The molecule has 28 heavy (non-hydrogen) atoms. The zero-order chi connectivity index (χ0) is 21.1. The Balaban J connectivity index is 0.000000568. The van der Waals surface area contributed by atoms with Gasteiger partial charge in [0.25, 0.3) is 0 Å². The molecule has 1 atom stereocenters. The van der Waals surface area contributed by atoms with Crippen molar-refractivity contribution >= 4 is 23.5 Å². The average Bonchev–Trinajstić information content (AvgIpc) is 2.68. The van der Waals surface area contributed by atoms with Crippen LogP contribution in [0.4, 0.5) is 4.39 Å². The Kier molecular flexibility index (Phi) is 9.36. The minimum Gasteiger partial charge on any atom is -0.484 e. The van der Waals surface area contributed by atoms with E-state index in [9.17, 15) is 4.39 Å². The molecule has 0 fully saturated rings. The second kappa shape index (κ2) is 11.5. The highest BCUT2D eigenvalue weighted by Gasteiger charge is 2.17. The highest BCUT2D eigenvalue weighted by Crippen LogP contribution is 2.31. The van der Waals surface area contributed by atoms with Crippen LogP contribution in [0.3, 0.4) is 0 Å². The zero-order valence-electron chi connectivity index (χ0n) is 14.7. The Morgan fingerprint density at radius 3 is 2.57 bits per heavy atom. The number of benzene rings is 1. The first-order valence-electron chi connectivity index (χ1n) is 7.86. The molecule has 0 bridgehead atoms. The lowest BCUT2D eigenvalue weighted by molar-refractivity contribution is -0.159. The van der Waals surface area contributed by atoms with Crippen LogP contribution < -0.4 is 10.1 Å². The number of ether oxygens (including phenoxy) is 1. The smallest absolute Gasteiger partial charge is 0.414 e. The van der Waals surface area contributed by atoms with Crippen molar-refractivity contribution in [3.63, 3.8) is 0 Å². The molecular formula is C18H17ClFN3O5. The first kappa shape index (κ1) is 22.8. The van der Waals surface area contributed by atoms with Crippen molar-refractivity contribution in [2.24, 2.45) is 0 Å². The molecule has 0 saturated heterocycles. The number of hydrogen-bond acceptors (Lipinski definition) is 6. The number of carbonyl (C=O) groups is 2. The van der Waals surface area contributed by atoms with Gasteiger partial charge in [-0.2, -0.15) is 5.26 Å². The summed E-state index contributed by atoms with van der Waals surface area (Å²) < 4.78 is 19.4. The topological polar surface area (TPSA) is 133 Å². The van der Waals surface area contributed by atoms with Crippen LogP contribution in [-0.4, -0.2) is 40.7 Å². The number of hydrogen-bond donors (Lipinski definition) is 3. The molecule has 1 heterocycles. The highest BCUT2D eigenvalue weighted by atomic mass is 35.5. The van der Waals surface area contributed by atoms with Gasteiger partial charge in [0.15, 0.2) is 0 Å². The summed E-state index contributed by atoms with van der Waals surface area (Å²) >= 11 is 5.79. The van der Waals surface area contributed by atoms with Gasteiger partial charge in [0.2, 0.25) is 0 Å². The number of halogens is 2. The van der Waals surface area contributed by atoms with Crippen molar-refractivity contribution in [3.05, 3.63) is 58.6 Å². The zero-order valence-corrected chi connectivity index (χ0v) is 15.5. The van der Waals surface area contributed by atoms with Crippen LogP contribution in [0.1, 0.15) is 23.7 Å². The van der Waals surface area contributed by atoms with Crippen molar-refractivity contribution in [2.75, 3.05) is 13.6 Å². The van der Waals surface area contributed by atoms with Crippen molar-refractivity contribution in [2.45, 2.75) is 12.5 Å². The van der Waals surface area contributed by atoms with E-state index in [-0.39, 0.29) is 22.4 Å². The molecule has 0 aliphatic heterocycles. The van der Waals surface area contributed by atoms with Crippen LogP contribution in [0.5, 0.6) is 5.75 Å². The van der Waals surface area contributed by atoms with Crippen LogP contribution in [0.2, 0.25) is 5.02 Å². The van der Waals surface area contributed by atoms with E-state index >= 15 is 0 Å². The molecule has 8 nitrogen and oxygen atoms in total. The monoisotopic (exact) mass is 409 g/mol. The van der Waals surface area contributed by atoms with Gasteiger partial charge < -0.3 is 20.3 Å². The van der Waals surface area contributed by atoms with E-state index < -0.39 is 17.8 Å². The number of aliphatic carboxylic acids is 2. The predicted molar refractivity (Wildman–Crippen MR) is 97.5 cm³/mol. The molecule has 1 unspecified atom stereocenters.